The summed E-state index contributed by atoms with van der Waals surface area (Å²) in [5.41, 5.74) is 0.609. The quantitative estimate of drug-likeness (QED) is 0.883. The Balaban J connectivity index is 2.30. The number of aromatic nitrogens is 4. The van der Waals surface area contributed by atoms with Crippen molar-refractivity contribution in [1.29, 1.82) is 0 Å². The zero-order chi connectivity index (χ0) is 14.0. The summed E-state index contributed by atoms with van der Waals surface area (Å²) in [5.74, 6) is 0.267. The molecule has 9 heteroatoms. The van der Waals surface area contributed by atoms with Gasteiger partial charge in [0.25, 0.3) is 0 Å². The van der Waals surface area contributed by atoms with Crippen molar-refractivity contribution < 1.29 is 8.42 Å². The van der Waals surface area contributed by atoms with Crippen LogP contribution in [0.2, 0.25) is 5.02 Å². The molecule has 1 heterocycles. The SMILES string of the molecule is Cc1ccc(Cl)cc1S(=O)(=O)NC(C)c1nn[nH]n1. The van der Waals surface area contributed by atoms with Crippen molar-refractivity contribution in [2.45, 2.75) is 24.8 Å². The van der Waals surface area contributed by atoms with Crippen LogP contribution in [0.15, 0.2) is 23.1 Å². The van der Waals surface area contributed by atoms with Crippen LogP contribution in [0.25, 0.3) is 0 Å². The fraction of sp³-hybridized carbons (Fsp3) is 0.300. The third kappa shape index (κ3) is 3.09. The summed E-state index contributed by atoms with van der Waals surface area (Å²) in [7, 11) is -3.69. The Bertz CT molecular complexity index is 671. The number of hydrogen-bond acceptors (Lipinski definition) is 5. The molecule has 19 heavy (non-hydrogen) atoms. The Morgan fingerprint density at radius 1 is 1.42 bits per heavy atom. The molecule has 1 aromatic heterocycles. The zero-order valence-electron chi connectivity index (χ0n) is 10.3. The monoisotopic (exact) mass is 301 g/mol. The number of hydrogen-bond donors (Lipinski definition) is 2. The lowest BCUT2D eigenvalue weighted by Gasteiger charge is -2.12. The van der Waals surface area contributed by atoms with Crippen molar-refractivity contribution in [2.75, 3.05) is 0 Å². The lowest BCUT2D eigenvalue weighted by atomic mass is 10.2. The first-order chi connectivity index (χ1) is 8.90. The molecule has 0 aliphatic heterocycles. The standard InChI is InChI=1S/C10H12ClN5O2S/c1-6-3-4-8(11)5-9(6)19(17,18)14-7(2)10-12-15-16-13-10/h3-5,7,14H,1-2H3,(H,12,13,15,16). The van der Waals surface area contributed by atoms with Crippen molar-refractivity contribution in [2.24, 2.45) is 0 Å². The fourth-order valence-electron chi connectivity index (χ4n) is 1.57. The lowest BCUT2D eigenvalue weighted by Crippen LogP contribution is -2.28. The zero-order valence-corrected chi connectivity index (χ0v) is 11.8. The maximum absolute atomic E-state index is 12.3. The number of tetrazole rings is 1. The molecule has 0 aliphatic rings. The number of aryl methyl sites for hydroxylation is 1. The van der Waals surface area contributed by atoms with Gasteiger partial charge in [0.2, 0.25) is 10.0 Å². The Labute approximate surface area is 115 Å². The van der Waals surface area contributed by atoms with Crippen LogP contribution in [0.1, 0.15) is 24.4 Å². The summed E-state index contributed by atoms with van der Waals surface area (Å²) in [5, 5.41) is 13.5. The molecular formula is C10H12ClN5O2S. The number of sulfonamides is 1. The molecule has 1 aromatic carbocycles. The second kappa shape index (κ2) is 5.24. The minimum atomic E-state index is -3.69. The molecule has 0 amide bonds. The van der Waals surface area contributed by atoms with Crippen LogP contribution in [-0.2, 0) is 10.0 Å². The van der Waals surface area contributed by atoms with E-state index >= 15 is 0 Å². The van der Waals surface area contributed by atoms with Gasteiger partial charge in [0.1, 0.15) is 0 Å². The summed E-state index contributed by atoms with van der Waals surface area (Å²) in [6.45, 7) is 3.33. The van der Waals surface area contributed by atoms with Crippen molar-refractivity contribution in [1.82, 2.24) is 25.3 Å². The average molecular weight is 302 g/mol. The van der Waals surface area contributed by atoms with E-state index in [0.29, 0.717) is 10.6 Å². The van der Waals surface area contributed by atoms with Gasteiger partial charge in [-0.3, -0.25) is 0 Å². The second-order valence-corrected chi connectivity index (χ2v) is 6.14. The highest BCUT2D eigenvalue weighted by Crippen LogP contribution is 2.21. The summed E-state index contributed by atoms with van der Waals surface area (Å²) in [6.07, 6.45) is 0. The normalized spacial score (nSPS) is 13.4. The third-order valence-corrected chi connectivity index (χ3v) is 4.44. The van der Waals surface area contributed by atoms with Gasteiger partial charge in [-0.2, -0.15) is 5.21 Å². The largest absolute Gasteiger partial charge is 0.241 e. The maximum Gasteiger partial charge on any atom is 0.241 e. The Morgan fingerprint density at radius 2 is 2.16 bits per heavy atom. The molecule has 0 fully saturated rings. The first-order valence-electron chi connectivity index (χ1n) is 5.42. The maximum atomic E-state index is 12.3. The van der Waals surface area contributed by atoms with E-state index in [-0.39, 0.29) is 10.7 Å². The van der Waals surface area contributed by atoms with E-state index < -0.39 is 16.1 Å². The molecule has 102 valence electrons. The van der Waals surface area contributed by atoms with Gasteiger partial charge in [-0.15, -0.1) is 10.2 Å². The van der Waals surface area contributed by atoms with E-state index in [2.05, 4.69) is 25.3 Å². The first-order valence-corrected chi connectivity index (χ1v) is 7.28. The van der Waals surface area contributed by atoms with Gasteiger partial charge in [-0.05, 0) is 31.5 Å². The molecule has 0 saturated carbocycles. The topological polar surface area (TPSA) is 101 Å². The van der Waals surface area contributed by atoms with E-state index in [4.69, 9.17) is 11.6 Å². The molecule has 0 radical (unpaired) electrons. The molecule has 0 spiro atoms. The van der Waals surface area contributed by atoms with E-state index in [1.165, 1.54) is 6.07 Å². The van der Waals surface area contributed by atoms with Crippen LogP contribution >= 0.6 is 11.6 Å². The van der Waals surface area contributed by atoms with Gasteiger partial charge >= 0.3 is 0 Å². The van der Waals surface area contributed by atoms with Gasteiger partial charge in [-0.1, -0.05) is 22.9 Å². The number of halogens is 1. The molecule has 1 unspecified atom stereocenters. The van der Waals surface area contributed by atoms with Crippen molar-refractivity contribution in [3.05, 3.63) is 34.6 Å². The molecule has 0 saturated heterocycles. The van der Waals surface area contributed by atoms with Crippen molar-refractivity contribution in [3.8, 4) is 0 Å². The van der Waals surface area contributed by atoms with Gasteiger partial charge in [-0.25, -0.2) is 13.1 Å². The number of rotatable bonds is 4. The summed E-state index contributed by atoms with van der Waals surface area (Å²) in [4.78, 5) is 0.135. The number of H-pyrrole nitrogens is 1. The smallest absolute Gasteiger partial charge is 0.207 e. The Morgan fingerprint density at radius 3 is 2.79 bits per heavy atom. The molecule has 2 N–H and O–H groups in total. The van der Waals surface area contributed by atoms with Crippen LogP contribution in [0.3, 0.4) is 0 Å². The van der Waals surface area contributed by atoms with E-state index in [0.717, 1.165) is 0 Å². The fourth-order valence-corrected chi connectivity index (χ4v) is 3.27. The summed E-state index contributed by atoms with van der Waals surface area (Å²) in [6, 6.07) is 4.10. The predicted octanol–water partition coefficient (Wildman–Crippen LogP) is 1.20. The Kier molecular flexibility index (Phi) is 3.83. The number of aromatic amines is 1. The van der Waals surface area contributed by atoms with Crippen molar-refractivity contribution in [3.63, 3.8) is 0 Å². The van der Waals surface area contributed by atoms with Crippen LogP contribution in [0.4, 0.5) is 0 Å². The Hall–Kier alpha value is -1.51. The van der Waals surface area contributed by atoms with Gasteiger partial charge in [0.05, 0.1) is 10.9 Å². The molecule has 2 aromatic rings. The molecule has 0 aliphatic carbocycles. The first kappa shape index (κ1) is 13.9. The van der Waals surface area contributed by atoms with Crippen LogP contribution < -0.4 is 4.72 Å². The number of nitrogens with zero attached hydrogens (tertiary/aromatic N) is 3. The van der Waals surface area contributed by atoms with Crippen molar-refractivity contribution >= 4 is 21.6 Å². The van der Waals surface area contributed by atoms with Gasteiger partial charge < -0.3 is 0 Å². The molecule has 2 rings (SSSR count). The molecular weight excluding hydrogens is 290 g/mol. The molecule has 0 bridgehead atoms. The highest BCUT2D eigenvalue weighted by molar-refractivity contribution is 7.89. The van der Waals surface area contributed by atoms with E-state index in [9.17, 15) is 8.42 Å². The molecule has 1 atom stereocenters. The highest BCUT2D eigenvalue weighted by atomic mass is 35.5. The van der Waals surface area contributed by atoms with Crippen LogP contribution in [0, 0.1) is 6.92 Å². The van der Waals surface area contributed by atoms with E-state index in [1.54, 1.807) is 26.0 Å². The predicted molar refractivity (Wildman–Crippen MR) is 69.1 cm³/mol. The minimum absolute atomic E-state index is 0.135. The third-order valence-electron chi connectivity index (χ3n) is 2.52. The van der Waals surface area contributed by atoms with E-state index in [1.807, 2.05) is 0 Å². The van der Waals surface area contributed by atoms with Crippen LogP contribution in [-0.4, -0.2) is 29.0 Å². The summed E-state index contributed by atoms with van der Waals surface area (Å²) >= 11 is 5.83. The number of nitrogens with one attached hydrogen (secondary N) is 2. The number of benzene rings is 1. The second-order valence-electron chi connectivity index (χ2n) is 4.02. The van der Waals surface area contributed by atoms with Crippen LogP contribution in [0.5, 0.6) is 0 Å². The van der Waals surface area contributed by atoms with Gasteiger partial charge in [0, 0.05) is 5.02 Å². The molecule has 7 nitrogen and oxygen atoms in total. The highest BCUT2D eigenvalue weighted by Gasteiger charge is 2.22. The van der Waals surface area contributed by atoms with Gasteiger partial charge in [0.15, 0.2) is 5.82 Å². The minimum Gasteiger partial charge on any atom is -0.207 e. The summed E-state index contributed by atoms with van der Waals surface area (Å²) < 4.78 is 27.0. The average Bonchev–Trinajstić information content (AvgIpc) is 2.85. The lowest BCUT2D eigenvalue weighted by molar-refractivity contribution is 0.559.